The van der Waals surface area contributed by atoms with Crippen LogP contribution >= 0.6 is 23.5 Å². The largest absolute Gasteiger partial charge is 0.415 e. The minimum Gasteiger partial charge on any atom is -0.415 e. The molecule has 1 N–H and O–H groups in total. The lowest BCUT2D eigenvalue weighted by Crippen LogP contribution is -2.23. The van der Waals surface area contributed by atoms with Gasteiger partial charge in [-0.1, -0.05) is 30.0 Å². The number of aryl methyl sites for hydroxylation is 1. The Morgan fingerprint density at radius 2 is 2.24 bits per heavy atom. The maximum Gasteiger partial charge on any atom is 0.277 e. The minimum atomic E-state index is -0.208. The molecule has 7 heteroatoms. The number of hydrogen-bond acceptors (Lipinski definition) is 6. The van der Waals surface area contributed by atoms with Crippen molar-refractivity contribution in [2.24, 2.45) is 0 Å². The molecule has 1 amide bonds. The summed E-state index contributed by atoms with van der Waals surface area (Å²) in [6.45, 7) is 0. The smallest absolute Gasteiger partial charge is 0.277 e. The van der Waals surface area contributed by atoms with E-state index in [1.54, 1.807) is 11.8 Å². The van der Waals surface area contributed by atoms with Crippen molar-refractivity contribution < 1.29 is 9.21 Å². The molecule has 3 rings (SSSR count). The van der Waals surface area contributed by atoms with E-state index in [0.29, 0.717) is 16.9 Å². The number of amides is 1. The van der Waals surface area contributed by atoms with Gasteiger partial charge in [-0.2, -0.15) is 11.8 Å². The second-order valence-electron chi connectivity index (χ2n) is 4.69. The molecule has 1 aliphatic rings. The molecular formula is C14H15N3O2S2. The van der Waals surface area contributed by atoms with Gasteiger partial charge in [-0.05, 0) is 30.7 Å². The van der Waals surface area contributed by atoms with E-state index in [2.05, 4.69) is 15.5 Å². The van der Waals surface area contributed by atoms with Gasteiger partial charge in [0.2, 0.25) is 11.8 Å². The number of nitrogens with one attached hydrogen (secondary N) is 1. The lowest BCUT2D eigenvalue weighted by atomic mass is 10.1. The quantitative estimate of drug-likeness (QED) is 0.934. The Bertz CT molecular complexity index is 645. The first kappa shape index (κ1) is 14.5. The zero-order valence-electron chi connectivity index (χ0n) is 11.5. The monoisotopic (exact) mass is 321 g/mol. The third-order valence-electron chi connectivity index (χ3n) is 3.20. The van der Waals surface area contributed by atoms with Crippen molar-refractivity contribution in [3.63, 3.8) is 0 Å². The third-order valence-corrected chi connectivity index (χ3v) is 4.84. The summed E-state index contributed by atoms with van der Waals surface area (Å²) in [5.41, 5.74) is 2.07. The molecule has 0 radical (unpaired) electrons. The van der Waals surface area contributed by atoms with Gasteiger partial charge >= 0.3 is 0 Å². The molecule has 0 unspecified atom stereocenters. The molecule has 1 aliphatic heterocycles. The van der Waals surface area contributed by atoms with Gasteiger partial charge in [-0.3, -0.25) is 4.79 Å². The molecular weight excluding hydrogens is 306 g/mol. The summed E-state index contributed by atoms with van der Waals surface area (Å²) in [4.78, 5) is 12.3. The predicted octanol–water partition coefficient (Wildman–Crippen LogP) is 2.98. The molecule has 0 fully saturated rings. The Balaban J connectivity index is 1.70. The molecule has 1 atom stereocenters. The van der Waals surface area contributed by atoms with Crippen molar-refractivity contribution in [1.82, 2.24) is 10.2 Å². The summed E-state index contributed by atoms with van der Waals surface area (Å²) in [5.74, 6) is 1.28. The molecule has 1 aromatic carbocycles. The topological polar surface area (TPSA) is 68.0 Å². The first-order valence-corrected chi connectivity index (χ1v) is 8.90. The average molecular weight is 321 g/mol. The number of anilines is 1. The average Bonchev–Trinajstić information content (AvgIpc) is 2.85. The Labute approximate surface area is 131 Å². The fraction of sp³-hybridized carbons (Fsp3) is 0.357. The summed E-state index contributed by atoms with van der Waals surface area (Å²) in [7, 11) is 0. The summed E-state index contributed by atoms with van der Waals surface area (Å²) in [5, 5.41) is 11.2. The lowest BCUT2D eigenvalue weighted by molar-refractivity contribution is -0.115. The highest BCUT2D eigenvalue weighted by Crippen LogP contribution is 2.31. The van der Waals surface area contributed by atoms with Crippen LogP contribution in [0.3, 0.4) is 0 Å². The summed E-state index contributed by atoms with van der Waals surface area (Å²) < 4.78 is 5.53. The highest BCUT2D eigenvalue weighted by atomic mass is 32.2. The van der Waals surface area contributed by atoms with E-state index < -0.39 is 0 Å². The molecule has 0 saturated carbocycles. The molecule has 1 aromatic heterocycles. The number of fused-ring (bicyclic) bond motifs is 1. The molecule has 0 saturated heterocycles. The standard InChI is InChI=1S/C14H15N3O2S2/c1-20-8-12-16-17-14(19-12)21-11-7-6-9-4-2-3-5-10(9)15-13(11)18/h2-5,11H,6-8H2,1H3,(H,15,18)/t11-/m1/s1. The van der Waals surface area contributed by atoms with Crippen LogP contribution in [0.1, 0.15) is 17.9 Å². The Morgan fingerprint density at radius 3 is 3.10 bits per heavy atom. The SMILES string of the molecule is CSCc1nnc(S[C@@H]2CCc3ccccc3NC2=O)o1. The van der Waals surface area contributed by atoms with Crippen molar-refractivity contribution in [2.45, 2.75) is 29.1 Å². The number of aromatic nitrogens is 2. The first-order chi connectivity index (χ1) is 10.3. The maximum absolute atomic E-state index is 12.3. The van der Waals surface area contributed by atoms with Gasteiger partial charge in [0, 0.05) is 5.69 Å². The maximum atomic E-state index is 12.3. The van der Waals surface area contributed by atoms with Gasteiger partial charge in [0.05, 0.1) is 11.0 Å². The number of benzene rings is 1. The third kappa shape index (κ3) is 3.41. The van der Waals surface area contributed by atoms with Gasteiger partial charge < -0.3 is 9.73 Å². The zero-order valence-corrected chi connectivity index (χ0v) is 13.2. The van der Waals surface area contributed by atoms with Crippen LogP contribution in [-0.2, 0) is 17.0 Å². The van der Waals surface area contributed by atoms with Crippen LogP contribution in [0.2, 0.25) is 0 Å². The normalized spacial score (nSPS) is 18.0. The van der Waals surface area contributed by atoms with Gasteiger partial charge in [0.15, 0.2) is 0 Å². The Morgan fingerprint density at radius 1 is 1.38 bits per heavy atom. The van der Waals surface area contributed by atoms with Crippen LogP contribution in [0.15, 0.2) is 33.9 Å². The van der Waals surface area contributed by atoms with E-state index in [9.17, 15) is 4.79 Å². The minimum absolute atomic E-state index is 0.00503. The van der Waals surface area contributed by atoms with E-state index >= 15 is 0 Å². The lowest BCUT2D eigenvalue weighted by Gasteiger charge is -2.09. The van der Waals surface area contributed by atoms with Crippen LogP contribution in [0.25, 0.3) is 0 Å². The van der Waals surface area contributed by atoms with Gasteiger partial charge in [0.25, 0.3) is 5.22 Å². The summed E-state index contributed by atoms with van der Waals surface area (Å²) in [6, 6.07) is 7.90. The van der Waals surface area contributed by atoms with E-state index in [1.807, 2.05) is 30.5 Å². The number of carbonyl (C=O) groups excluding carboxylic acids is 1. The van der Waals surface area contributed by atoms with E-state index in [-0.39, 0.29) is 11.2 Å². The number of hydrogen-bond donors (Lipinski definition) is 1. The highest BCUT2D eigenvalue weighted by Gasteiger charge is 2.26. The highest BCUT2D eigenvalue weighted by molar-refractivity contribution is 8.00. The fourth-order valence-corrected chi connectivity index (χ4v) is 3.43. The first-order valence-electron chi connectivity index (χ1n) is 6.63. The van der Waals surface area contributed by atoms with Crippen LogP contribution in [-0.4, -0.2) is 27.6 Å². The van der Waals surface area contributed by atoms with Gasteiger partial charge in [-0.25, -0.2) is 0 Å². The second-order valence-corrected chi connectivity index (χ2v) is 6.71. The number of rotatable bonds is 4. The molecule has 2 heterocycles. The van der Waals surface area contributed by atoms with E-state index in [4.69, 9.17) is 4.42 Å². The summed E-state index contributed by atoms with van der Waals surface area (Å²) >= 11 is 2.97. The van der Waals surface area contributed by atoms with Crippen LogP contribution in [0.4, 0.5) is 5.69 Å². The van der Waals surface area contributed by atoms with Crippen molar-refractivity contribution in [3.8, 4) is 0 Å². The van der Waals surface area contributed by atoms with Gasteiger partial charge in [0.1, 0.15) is 0 Å². The number of thioether (sulfide) groups is 2. The molecule has 0 spiro atoms. The van der Waals surface area contributed by atoms with Crippen molar-refractivity contribution in [1.29, 1.82) is 0 Å². The van der Waals surface area contributed by atoms with Crippen molar-refractivity contribution in [3.05, 3.63) is 35.7 Å². The predicted molar refractivity (Wildman–Crippen MR) is 84.6 cm³/mol. The van der Waals surface area contributed by atoms with Crippen LogP contribution in [0, 0.1) is 0 Å². The van der Waals surface area contributed by atoms with E-state index in [1.165, 1.54) is 17.3 Å². The fourth-order valence-electron chi connectivity index (χ4n) is 2.19. The number of para-hydroxylation sites is 1. The molecule has 2 aromatic rings. The van der Waals surface area contributed by atoms with Crippen molar-refractivity contribution in [2.75, 3.05) is 11.6 Å². The molecule has 0 bridgehead atoms. The Kier molecular flexibility index (Phi) is 4.50. The summed E-state index contributed by atoms with van der Waals surface area (Å²) in [6.07, 6.45) is 3.60. The van der Waals surface area contributed by atoms with Crippen molar-refractivity contribution >= 4 is 35.1 Å². The second kappa shape index (κ2) is 6.53. The molecule has 0 aliphatic carbocycles. The Hall–Kier alpha value is -1.47. The zero-order chi connectivity index (χ0) is 14.7. The number of nitrogens with zero attached hydrogens (tertiary/aromatic N) is 2. The van der Waals surface area contributed by atoms with E-state index in [0.717, 1.165) is 18.5 Å². The molecule has 5 nitrogen and oxygen atoms in total. The van der Waals surface area contributed by atoms with Crippen LogP contribution < -0.4 is 5.32 Å². The molecule has 21 heavy (non-hydrogen) atoms. The van der Waals surface area contributed by atoms with Gasteiger partial charge in [-0.15, -0.1) is 10.2 Å². The van der Waals surface area contributed by atoms with Crippen LogP contribution in [0.5, 0.6) is 0 Å². The number of carbonyl (C=O) groups is 1. The molecule has 110 valence electrons.